The van der Waals surface area contributed by atoms with Crippen LogP contribution in [0.4, 0.5) is 13.2 Å². The second kappa shape index (κ2) is 6.10. The largest absolute Gasteiger partial charge is 0.481 e. The van der Waals surface area contributed by atoms with Gasteiger partial charge in [-0.3, -0.25) is 14.3 Å². The zero-order valence-electron chi connectivity index (χ0n) is 13.6. The third-order valence-corrected chi connectivity index (χ3v) is 4.03. The molecule has 1 aliphatic carbocycles. The van der Waals surface area contributed by atoms with E-state index < -0.39 is 46.8 Å². The molecule has 1 aliphatic rings. The number of hydrogen-bond donors (Lipinski definition) is 2. The van der Waals surface area contributed by atoms with Crippen LogP contribution in [-0.4, -0.2) is 32.8 Å². The predicted molar refractivity (Wildman–Crippen MR) is 78.5 cm³/mol. The van der Waals surface area contributed by atoms with Crippen LogP contribution in [0.3, 0.4) is 0 Å². The van der Waals surface area contributed by atoms with Gasteiger partial charge in [-0.05, 0) is 40.0 Å². The maximum absolute atomic E-state index is 13.4. The van der Waals surface area contributed by atoms with Gasteiger partial charge in [0.25, 0.3) is 5.91 Å². The molecule has 1 saturated carbocycles. The number of rotatable bonds is 3. The fourth-order valence-electron chi connectivity index (χ4n) is 2.90. The van der Waals surface area contributed by atoms with E-state index in [1.54, 1.807) is 20.8 Å². The zero-order valence-corrected chi connectivity index (χ0v) is 13.6. The van der Waals surface area contributed by atoms with Crippen molar-refractivity contribution in [1.82, 2.24) is 15.1 Å². The van der Waals surface area contributed by atoms with Crippen molar-refractivity contribution in [2.45, 2.75) is 57.8 Å². The van der Waals surface area contributed by atoms with E-state index >= 15 is 0 Å². The third kappa shape index (κ3) is 3.70. The Labute approximate surface area is 137 Å². The quantitative estimate of drug-likeness (QED) is 0.880. The second-order valence-corrected chi connectivity index (χ2v) is 7.01. The second-order valence-electron chi connectivity index (χ2n) is 7.01. The Morgan fingerprint density at radius 2 is 1.92 bits per heavy atom. The standard InChI is InChI=1S/C15H20F3N3O3/c1-14(2,3)21-11(15(16,17)18)10(7-19-21)12(22)20-9-5-4-8(6-9)13(23)24/h7-9H,4-6H2,1-3H3,(H,20,22)(H,23,24)/t8-,9+/m0/s1. The molecule has 2 rings (SSSR count). The van der Waals surface area contributed by atoms with Crippen LogP contribution in [-0.2, 0) is 16.5 Å². The van der Waals surface area contributed by atoms with E-state index in [2.05, 4.69) is 10.4 Å². The van der Waals surface area contributed by atoms with Crippen molar-refractivity contribution >= 4 is 11.9 Å². The lowest BCUT2D eigenvalue weighted by molar-refractivity contribution is -0.146. The van der Waals surface area contributed by atoms with Crippen LogP contribution in [0.1, 0.15) is 56.1 Å². The van der Waals surface area contributed by atoms with Gasteiger partial charge in [0.2, 0.25) is 0 Å². The third-order valence-electron chi connectivity index (χ3n) is 4.03. The molecule has 134 valence electrons. The number of hydrogen-bond acceptors (Lipinski definition) is 3. The van der Waals surface area contributed by atoms with E-state index in [1.165, 1.54) is 0 Å². The molecule has 0 aliphatic heterocycles. The van der Waals surface area contributed by atoms with Crippen molar-refractivity contribution in [3.05, 3.63) is 17.5 Å². The van der Waals surface area contributed by atoms with E-state index in [0.717, 1.165) is 10.9 Å². The van der Waals surface area contributed by atoms with Crippen LogP contribution in [0.5, 0.6) is 0 Å². The monoisotopic (exact) mass is 347 g/mol. The minimum Gasteiger partial charge on any atom is -0.481 e. The van der Waals surface area contributed by atoms with E-state index in [9.17, 15) is 22.8 Å². The molecule has 2 N–H and O–H groups in total. The maximum Gasteiger partial charge on any atom is 0.433 e. The summed E-state index contributed by atoms with van der Waals surface area (Å²) in [4.78, 5) is 23.2. The first-order valence-corrected chi connectivity index (χ1v) is 7.60. The van der Waals surface area contributed by atoms with Gasteiger partial charge in [-0.2, -0.15) is 18.3 Å². The van der Waals surface area contributed by atoms with Gasteiger partial charge < -0.3 is 10.4 Å². The summed E-state index contributed by atoms with van der Waals surface area (Å²) in [6.07, 6.45) is -2.77. The number of halogens is 3. The number of aromatic nitrogens is 2. The van der Waals surface area contributed by atoms with Gasteiger partial charge in [0.05, 0.1) is 23.2 Å². The van der Waals surface area contributed by atoms with Crippen molar-refractivity contribution < 1.29 is 27.9 Å². The minimum absolute atomic E-state index is 0.218. The molecule has 0 spiro atoms. The lowest BCUT2D eigenvalue weighted by Gasteiger charge is -2.24. The molecule has 1 aromatic rings. The lowest BCUT2D eigenvalue weighted by Crippen LogP contribution is -2.35. The van der Waals surface area contributed by atoms with Crippen LogP contribution in [0.25, 0.3) is 0 Å². The Bertz CT molecular complexity index is 647. The molecular formula is C15H20F3N3O3. The number of aliphatic carboxylic acids is 1. The number of carboxylic acid groups (broad SMARTS) is 1. The highest BCUT2D eigenvalue weighted by atomic mass is 19.4. The predicted octanol–water partition coefficient (Wildman–Crippen LogP) is 2.64. The molecule has 0 bridgehead atoms. The first-order chi connectivity index (χ1) is 10.9. The summed E-state index contributed by atoms with van der Waals surface area (Å²) in [6, 6.07) is -0.447. The van der Waals surface area contributed by atoms with Crippen molar-refractivity contribution in [2.75, 3.05) is 0 Å². The Hall–Kier alpha value is -2.06. The Balaban J connectivity index is 2.24. The molecule has 1 amide bonds. The number of nitrogens with zero attached hydrogens (tertiary/aromatic N) is 2. The number of alkyl halides is 3. The number of carbonyl (C=O) groups is 2. The maximum atomic E-state index is 13.4. The summed E-state index contributed by atoms with van der Waals surface area (Å²) in [7, 11) is 0. The average molecular weight is 347 g/mol. The van der Waals surface area contributed by atoms with Crippen molar-refractivity contribution in [2.24, 2.45) is 5.92 Å². The van der Waals surface area contributed by atoms with Gasteiger partial charge in [-0.1, -0.05) is 0 Å². The topological polar surface area (TPSA) is 84.2 Å². The number of nitrogens with one attached hydrogen (secondary N) is 1. The molecule has 0 radical (unpaired) electrons. The summed E-state index contributed by atoms with van der Waals surface area (Å²) in [5.74, 6) is -2.41. The van der Waals surface area contributed by atoms with Crippen molar-refractivity contribution in [3.63, 3.8) is 0 Å². The number of carboxylic acids is 1. The highest BCUT2D eigenvalue weighted by Gasteiger charge is 2.43. The molecule has 9 heteroatoms. The average Bonchev–Trinajstić information content (AvgIpc) is 3.02. The molecule has 24 heavy (non-hydrogen) atoms. The van der Waals surface area contributed by atoms with E-state index in [-0.39, 0.29) is 6.42 Å². The summed E-state index contributed by atoms with van der Waals surface area (Å²) >= 11 is 0. The molecular weight excluding hydrogens is 327 g/mol. The van der Waals surface area contributed by atoms with Gasteiger partial charge in [0, 0.05) is 6.04 Å². The normalized spacial score (nSPS) is 21.8. The summed E-state index contributed by atoms with van der Waals surface area (Å²) in [6.45, 7) is 4.68. The fourth-order valence-corrected chi connectivity index (χ4v) is 2.90. The Morgan fingerprint density at radius 3 is 2.38 bits per heavy atom. The van der Waals surface area contributed by atoms with Crippen molar-refractivity contribution in [3.8, 4) is 0 Å². The first-order valence-electron chi connectivity index (χ1n) is 7.60. The number of carbonyl (C=O) groups excluding carboxylic acids is 1. The highest BCUT2D eigenvalue weighted by molar-refractivity contribution is 5.95. The highest BCUT2D eigenvalue weighted by Crippen LogP contribution is 2.35. The van der Waals surface area contributed by atoms with E-state index in [4.69, 9.17) is 5.11 Å². The minimum atomic E-state index is -4.73. The van der Waals surface area contributed by atoms with Crippen molar-refractivity contribution in [1.29, 1.82) is 0 Å². The summed E-state index contributed by atoms with van der Waals surface area (Å²) in [5, 5.41) is 15.2. The first kappa shape index (κ1) is 18.3. The lowest BCUT2D eigenvalue weighted by atomic mass is 10.1. The molecule has 6 nitrogen and oxygen atoms in total. The molecule has 0 unspecified atom stereocenters. The molecule has 1 fully saturated rings. The number of amides is 1. The van der Waals surface area contributed by atoms with E-state index in [1.807, 2.05) is 0 Å². The molecule has 1 heterocycles. The van der Waals surface area contributed by atoms with Crippen LogP contribution in [0.15, 0.2) is 6.20 Å². The van der Waals surface area contributed by atoms with Crippen LogP contribution < -0.4 is 5.32 Å². The van der Waals surface area contributed by atoms with Crippen LogP contribution in [0, 0.1) is 5.92 Å². The van der Waals surface area contributed by atoms with Gasteiger partial charge in [0.15, 0.2) is 5.69 Å². The molecule has 0 aromatic carbocycles. The van der Waals surface area contributed by atoms with Crippen LogP contribution in [0.2, 0.25) is 0 Å². The van der Waals surface area contributed by atoms with Gasteiger partial charge in [0.1, 0.15) is 0 Å². The smallest absolute Gasteiger partial charge is 0.433 e. The van der Waals surface area contributed by atoms with Crippen LogP contribution >= 0.6 is 0 Å². The Morgan fingerprint density at radius 1 is 1.29 bits per heavy atom. The summed E-state index contributed by atoms with van der Waals surface area (Å²) < 4.78 is 41.0. The van der Waals surface area contributed by atoms with Gasteiger partial charge in [-0.25, -0.2) is 0 Å². The Kier molecular flexibility index (Phi) is 4.65. The molecule has 1 aromatic heterocycles. The molecule has 0 saturated heterocycles. The SMILES string of the molecule is CC(C)(C)n1ncc(C(=O)N[C@@H]2CC[C@H](C(=O)O)C2)c1C(F)(F)F. The zero-order chi connectivity index (χ0) is 18.3. The van der Waals surface area contributed by atoms with E-state index in [0.29, 0.717) is 12.8 Å². The van der Waals surface area contributed by atoms with Gasteiger partial charge >= 0.3 is 12.1 Å². The fraction of sp³-hybridized carbons (Fsp3) is 0.667. The van der Waals surface area contributed by atoms with Gasteiger partial charge in [-0.15, -0.1) is 0 Å². The molecule has 2 atom stereocenters. The summed E-state index contributed by atoms with van der Waals surface area (Å²) in [5.41, 5.74) is -2.58.